The molecule has 2 heterocycles. The highest BCUT2D eigenvalue weighted by atomic mass is 16.5. The molecule has 2 nitrogen and oxygen atoms in total. The molecule has 0 aromatic carbocycles. The van der Waals surface area contributed by atoms with Crippen molar-refractivity contribution in [2.45, 2.75) is 183 Å². The molecule has 3 aliphatic carbocycles. The Balaban J connectivity index is 1.48. The Morgan fingerprint density at radius 3 is 1.06 bits per heavy atom. The minimum Gasteiger partial charge on any atom is -0.376 e. The monoisotopic (exact) mass is 442 g/mol. The third-order valence-corrected chi connectivity index (χ3v) is 10.2. The Hall–Kier alpha value is -0.0151. The van der Waals surface area contributed by atoms with Crippen molar-refractivity contribution in [2.24, 2.45) is 0 Å². The molecule has 6 atom stereocenters. The second-order valence-corrected chi connectivity index (χ2v) is 12.3. The molecule has 0 radical (unpaired) electrons. The van der Waals surface area contributed by atoms with Gasteiger partial charge >= 0.3 is 0 Å². The van der Waals surface area contributed by atoms with E-state index in [1.54, 1.807) is 0 Å². The van der Waals surface area contributed by atoms with Gasteiger partial charge in [-0.25, -0.2) is 0 Å². The Labute approximate surface area is 199 Å². The summed E-state index contributed by atoms with van der Waals surface area (Å²) in [4.78, 5) is 0. The van der Waals surface area contributed by atoms with E-state index in [0.29, 0.717) is 30.2 Å². The van der Waals surface area contributed by atoms with E-state index in [2.05, 4.69) is 0 Å². The van der Waals surface area contributed by atoms with Gasteiger partial charge in [0.15, 0.2) is 6.71 Å². The lowest BCUT2D eigenvalue weighted by molar-refractivity contribution is -0.111. The summed E-state index contributed by atoms with van der Waals surface area (Å²) in [5.74, 6) is 2.33. The standard InChI is InChI=1S/C29H51BO2/c1-2-8-16-22-28-29-27(21-15-7-1)31-25-19-13-9-3-5-11-17-23(25)30(29)24-18-12-6-4-10-14-20-26(24)32-28/h23-29H,1-22H2. The van der Waals surface area contributed by atoms with Crippen LogP contribution in [-0.2, 0) is 9.47 Å². The lowest BCUT2D eigenvalue weighted by Gasteiger charge is -2.56. The van der Waals surface area contributed by atoms with Crippen LogP contribution >= 0.6 is 0 Å². The molecular weight excluding hydrogens is 391 g/mol. The second-order valence-electron chi connectivity index (χ2n) is 12.3. The van der Waals surface area contributed by atoms with Crippen molar-refractivity contribution in [3.8, 4) is 0 Å². The molecule has 5 aliphatic rings. The summed E-state index contributed by atoms with van der Waals surface area (Å²) in [6.07, 6.45) is 33.1. The zero-order chi connectivity index (χ0) is 21.6. The van der Waals surface area contributed by atoms with Gasteiger partial charge in [-0.3, -0.25) is 0 Å². The van der Waals surface area contributed by atoms with E-state index in [4.69, 9.17) is 9.47 Å². The smallest absolute Gasteiger partial charge is 0.162 e. The van der Waals surface area contributed by atoms with Crippen LogP contribution in [0.5, 0.6) is 0 Å². The maximum absolute atomic E-state index is 7.17. The third-order valence-electron chi connectivity index (χ3n) is 10.2. The van der Waals surface area contributed by atoms with Crippen molar-refractivity contribution < 1.29 is 9.47 Å². The normalized spacial score (nSPS) is 42.8. The number of ether oxygens (including phenoxy) is 2. The SMILES string of the molecule is C1CCCCC2OC3CCCCCCCC3B3C4CCCCCCCC4OC(CCC1)C32. The first-order valence-electron chi connectivity index (χ1n) is 15.2. The molecule has 32 heavy (non-hydrogen) atoms. The van der Waals surface area contributed by atoms with Gasteiger partial charge in [0.2, 0.25) is 0 Å². The van der Waals surface area contributed by atoms with E-state index in [1.165, 1.54) is 141 Å². The van der Waals surface area contributed by atoms with Crippen LogP contribution in [0.25, 0.3) is 0 Å². The van der Waals surface area contributed by atoms with Crippen LogP contribution in [0.15, 0.2) is 0 Å². The molecule has 0 spiro atoms. The highest BCUT2D eigenvalue weighted by molar-refractivity contribution is 6.65. The lowest BCUT2D eigenvalue weighted by Crippen LogP contribution is -2.59. The highest BCUT2D eigenvalue weighted by Crippen LogP contribution is 2.56. The third kappa shape index (κ3) is 5.61. The number of hydrogen-bond donors (Lipinski definition) is 0. The van der Waals surface area contributed by atoms with E-state index in [0.717, 1.165) is 18.3 Å². The number of rotatable bonds is 0. The molecule has 0 aromatic rings. The molecule has 6 unspecified atom stereocenters. The van der Waals surface area contributed by atoms with Crippen LogP contribution in [0.1, 0.15) is 141 Å². The van der Waals surface area contributed by atoms with Gasteiger partial charge in [-0.2, -0.15) is 0 Å². The molecule has 0 amide bonds. The van der Waals surface area contributed by atoms with Gasteiger partial charge in [-0.1, -0.05) is 116 Å². The van der Waals surface area contributed by atoms with Crippen molar-refractivity contribution in [3.05, 3.63) is 0 Å². The summed E-state index contributed by atoms with van der Waals surface area (Å²) >= 11 is 0. The predicted octanol–water partition coefficient (Wildman–Crippen LogP) is 8.75. The molecule has 182 valence electrons. The van der Waals surface area contributed by atoms with Gasteiger partial charge in [0.25, 0.3) is 0 Å². The number of hydrogen-bond acceptors (Lipinski definition) is 2. The Morgan fingerprint density at radius 1 is 0.344 bits per heavy atom. The molecule has 5 rings (SSSR count). The summed E-state index contributed by atoms with van der Waals surface area (Å²) in [7, 11) is 0. The molecule has 3 saturated carbocycles. The zero-order valence-corrected chi connectivity index (χ0v) is 21.0. The fraction of sp³-hybridized carbons (Fsp3) is 1.00. The summed E-state index contributed by atoms with van der Waals surface area (Å²) < 4.78 is 14.3. The Morgan fingerprint density at radius 2 is 0.656 bits per heavy atom. The van der Waals surface area contributed by atoms with E-state index in [-0.39, 0.29) is 0 Å². The molecule has 2 saturated heterocycles. The molecule has 0 aromatic heterocycles. The van der Waals surface area contributed by atoms with Crippen LogP contribution < -0.4 is 0 Å². The minimum absolute atomic E-state index is 0.485. The van der Waals surface area contributed by atoms with Gasteiger partial charge in [-0.05, 0) is 43.1 Å². The van der Waals surface area contributed by atoms with Crippen LogP contribution in [0.4, 0.5) is 0 Å². The first kappa shape index (κ1) is 23.7. The maximum atomic E-state index is 7.17. The van der Waals surface area contributed by atoms with E-state index in [1.807, 2.05) is 0 Å². The van der Waals surface area contributed by atoms with E-state index < -0.39 is 0 Å². The fourth-order valence-electron chi connectivity index (χ4n) is 8.70. The average molecular weight is 443 g/mol. The average Bonchev–Trinajstić information content (AvgIpc) is 2.97. The van der Waals surface area contributed by atoms with Gasteiger partial charge in [0.1, 0.15) is 0 Å². The van der Waals surface area contributed by atoms with Crippen LogP contribution in [0, 0.1) is 0 Å². The summed E-state index contributed by atoms with van der Waals surface area (Å²) in [6.45, 7) is 0.888. The zero-order valence-electron chi connectivity index (χ0n) is 21.0. The topological polar surface area (TPSA) is 18.5 Å². The molecule has 3 heteroatoms. The predicted molar refractivity (Wildman–Crippen MR) is 136 cm³/mol. The maximum Gasteiger partial charge on any atom is 0.162 e. The van der Waals surface area contributed by atoms with Gasteiger partial charge in [-0.15, -0.1) is 0 Å². The first-order valence-corrected chi connectivity index (χ1v) is 15.2. The summed E-state index contributed by atoms with van der Waals surface area (Å²) in [6, 6.07) is 0. The van der Waals surface area contributed by atoms with Crippen molar-refractivity contribution in [2.75, 3.05) is 0 Å². The van der Waals surface area contributed by atoms with Crippen LogP contribution in [0.2, 0.25) is 17.5 Å². The highest BCUT2D eigenvalue weighted by Gasteiger charge is 2.57. The van der Waals surface area contributed by atoms with Crippen molar-refractivity contribution in [1.82, 2.24) is 0 Å². The summed E-state index contributed by atoms with van der Waals surface area (Å²) in [5, 5.41) is 0. The van der Waals surface area contributed by atoms with E-state index >= 15 is 0 Å². The minimum atomic E-state index is 0.485. The second kappa shape index (κ2) is 12.1. The van der Waals surface area contributed by atoms with Crippen LogP contribution in [-0.4, -0.2) is 31.1 Å². The number of fused-ring (bicyclic) bond motifs is 4. The quantitative estimate of drug-likeness (QED) is 0.349. The van der Waals surface area contributed by atoms with Crippen LogP contribution in [0.3, 0.4) is 0 Å². The largest absolute Gasteiger partial charge is 0.376 e. The van der Waals surface area contributed by atoms with Crippen molar-refractivity contribution >= 4 is 6.71 Å². The lowest BCUT2D eigenvalue weighted by atomic mass is 9.22. The Kier molecular flexibility index (Phi) is 8.97. The first-order chi connectivity index (χ1) is 15.9. The van der Waals surface area contributed by atoms with Crippen molar-refractivity contribution in [3.63, 3.8) is 0 Å². The Bertz CT molecular complexity index is 507. The van der Waals surface area contributed by atoms with Gasteiger partial charge < -0.3 is 9.47 Å². The molecular formula is C29H51BO2. The molecule has 2 aliphatic heterocycles. The van der Waals surface area contributed by atoms with Gasteiger partial charge in [0.05, 0.1) is 24.4 Å². The van der Waals surface area contributed by atoms with Gasteiger partial charge in [0, 0.05) is 0 Å². The fourth-order valence-corrected chi connectivity index (χ4v) is 8.70. The molecule has 0 bridgehead atoms. The van der Waals surface area contributed by atoms with Crippen molar-refractivity contribution in [1.29, 1.82) is 0 Å². The summed E-state index contributed by atoms with van der Waals surface area (Å²) in [5.41, 5.74) is 0. The molecule has 0 N–H and O–H groups in total. The van der Waals surface area contributed by atoms with E-state index in [9.17, 15) is 0 Å². The molecule has 5 fully saturated rings.